The number of methoxy groups -OCH3 is 1. The monoisotopic (exact) mass is 244 g/mol. The summed E-state index contributed by atoms with van der Waals surface area (Å²) in [4.78, 5) is 0. The van der Waals surface area contributed by atoms with Gasteiger partial charge >= 0.3 is 0 Å². The van der Waals surface area contributed by atoms with Gasteiger partial charge in [-0.1, -0.05) is 32.9 Å². The number of ether oxygens (including phenoxy) is 1. The van der Waals surface area contributed by atoms with Gasteiger partial charge in [-0.2, -0.15) is 5.10 Å². The summed E-state index contributed by atoms with van der Waals surface area (Å²) in [5, 5.41) is 4.22. The van der Waals surface area contributed by atoms with Crippen LogP contribution < -0.4 is 4.74 Å². The zero-order valence-corrected chi connectivity index (χ0v) is 11.7. The Morgan fingerprint density at radius 1 is 1.17 bits per heavy atom. The second-order valence-electron chi connectivity index (χ2n) is 5.48. The maximum Gasteiger partial charge on any atom is 0.131 e. The quantitative estimate of drug-likeness (QED) is 0.809. The molecule has 96 valence electrons. The molecule has 1 aromatic heterocycles. The molecule has 3 nitrogen and oxygen atoms in total. The van der Waals surface area contributed by atoms with Gasteiger partial charge in [-0.3, -0.25) is 4.68 Å². The lowest BCUT2D eigenvalue weighted by atomic mass is 9.85. The van der Waals surface area contributed by atoms with Crippen molar-refractivity contribution in [1.29, 1.82) is 0 Å². The minimum absolute atomic E-state index is 0.0555. The average molecular weight is 244 g/mol. The molecule has 3 heteroatoms. The smallest absolute Gasteiger partial charge is 0.131 e. The van der Waals surface area contributed by atoms with E-state index in [4.69, 9.17) is 4.74 Å². The van der Waals surface area contributed by atoms with Crippen molar-refractivity contribution in [3.8, 4) is 17.0 Å². The normalized spacial score (nSPS) is 11.6. The van der Waals surface area contributed by atoms with Gasteiger partial charge in [0.1, 0.15) is 5.75 Å². The van der Waals surface area contributed by atoms with Gasteiger partial charge in [-0.25, -0.2) is 0 Å². The Morgan fingerprint density at radius 3 is 2.39 bits per heavy atom. The third kappa shape index (κ3) is 2.13. The molecule has 0 aliphatic heterocycles. The molecule has 0 spiro atoms. The van der Waals surface area contributed by atoms with Gasteiger partial charge in [0.2, 0.25) is 0 Å². The van der Waals surface area contributed by atoms with Gasteiger partial charge in [-0.05, 0) is 17.5 Å². The van der Waals surface area contributed by atoms with Gasteiger partial charge in [0, 0.05) is 24.4 Å². The Morgan fingerprint density at radius 2 is 1.89 bits per heavy atom. The molecule has 0 bridgehead atoms. The van der Waals surface area contributed by atoms with Crippen LogP contribution >= 0.6 is 0 Å². The Labute approximate surface area is 108 Å². The number of aromatic nitrogens is 2. The summed E-state index contributed by atoms with van der Waals surface area (Å²) in [6, 6.07) is 8.28. The maximum atomic E-state index is 5.64. The van der Waals surface area contributed by atoms with Crippen molar-refractivity contribution in [2.24, 2.45) is 7.05 Å². The van der Waals surface area contributed by atoms with E-state index in [1.54, 1.807) is 13.3 Å². The van der Waals surface area contributed by atoms with Crippen LogP contribution in [0.25, 0.3) is 11.3 Å². The summed E-state index contributed by atoms with van der Waals surface area (Å²) < 4.78 is 7.51. The zero-order chi connectivity index (χ0) is 13.3. The molecule has 0 saturated heterocycles. The lowest BCUT2D eigenvalue weighted by Crippen LogP contribution is -2.13. The molecule has 0 amide bonds. The van der Waals surface area contributed by atoms with Crippen LogP contribution in [0.4, 0.5) is 0 Å². The Hall–Kier alpha value is -1.77. The molecule has 0 fully saturated rings. The molecule has 0 aliphatic carbocycles. The molecule has 1 aromatic carbocycles. The molecule has 0 N–H and O–H groups in total. The van der Waals surface area contributed by atoms with E-state index in [-0.39, 0.29) is 5.41 Å². The number of para-hydroxylation sites is 1. The number of nitrogens with zero attached hydrogens (tertiary/aromatic N) is 2. The van der Waals surface area contributed by atoms with Crippen molar-refractivity contribution >= 4 is 0 Å². The van der Waals surface area contributed by atoms with E-state index >= 15 is 0 Å². The third-order valence-corrected chi connectivity index (χ3v) is 3.12. The highest BCUT2D eigenvalue weighted by Crippen LogP contribution is 2.38. The Balaban J connectivity index is 2.67. The first-order chi connectivity index (χ1) is 8.45. The van der Waals surface area contributed by atoms with Crippen molar-refractivity contribution in [2.75, 3.05) is 7.11 Å². The molecular weight excluding hydrogens is 224 g/mol. The van der Waals surface area contributed by atoms with E-state index in [0.29, 0.717) is 0 Å². The highest BCUT2D eigenvalue weighted by Gasteiger charge is 2.22. The lowest BCUT2D eigenvalue weighted by molar-refractivity contribution is 0.399. The maximum absolute atomic E-state index is 5.64. The summed E-state index contributed by atoms with van der Waals surface area (Å²) in [6.07, 6.45) is 1.80. The zero-order valence-electron chi connectivity index (χ0n) is 11.7. The van der Waals surface area contributed by atoms with E-state index in [1.165, 1.54) is 5.56 Å². The van der Waals surface area contributed by atoms with Crippen LogP contribution in [-0.2, 0) is 12.5 Å². The van der Waals surface area contributed by atoms with Crippen LogP contribution in [0.5, 0.6) is 5.75 Å². The van der Waals surface area contributed by atoms with Crippen LogP contribution in [-0.4, -0.2) is 16.9 Å². The van der Waals surface area contributed by atoms with Gasteiger partial charge < -0.3 is 4.74 Å². The molecule has 2 rings (SSSR count). The number of benzene rings is 1. The van der Waals surface area contributed by atoms with E-state index < -0.39 is 0 Å². The van der Waals surface area contributed by atoms with Crippen molar-refractivity contribution in [3.05, 3.63) is 36.0 Å². The number of aryl methyl sites for hydroxylation is 1. The number of hydrogen-bond acceptors (Lipinski definition) is 2. The van der Waals surface area contributed by atoms with Gasteiger partial charge in [0.05, 0.1) is 12.8 Å². The summed E-state index contributed by atoms with van der Waals surface area (Å²) in [7, 11) is 3.67. The van der Waals surface area contributed by atoms with Crippen LogP contribution in [0.1, 0.15) is 26.3 Å². The predicted molar refractivity (Wildman–Crippen MR) is 73.9 cm³/mol. The summed E-state index contributed by atoms with van der Waals surface area (Å²) >= 11 is 0. The Kier molecular flexibility index (Phi) is 3.16. The van der Waals surface area contributed by atoms with Crippen LogP contribution in [0.15, 0.2) is 30.5 Å². The summed E-state index contributed by atoms with van der Waals surface area (Å²) in [6.45, 7) is 6.58. The van der Waals surface area contributed by atoms with E-state index in [0.717, 1.165) is 17.0 Å². The fourth-order valence-electron chi connectivity index (χ4n) is 2.19. The van der Waals surface area contributed by atoms with Crippen molar-refractivity contribution in [1.82, 2.24) is 9.78 Å². The molecule has 0 atom stereocenters. The minimum Gasteiger partial charge on any atom is -0.496 e. The molecule has 0 unspecified atom stereocenters. The molecule has 0 aliphatic rings. The van der Waals surface area contributed by atoms with Gasteiger partial charge in [-0.15, -0.1) is 0 Å². The lowest BCUT2D eigenvalue weighted by Gasteiger charge is -2.23. The standard InChI is InChI=1S/C15H20N2O/c1-15(2,3)12-8-6-7-11(14(12)18-5)13-9-10-16-17(13)4/h6-10H,1-5H3. The van der Waals surface area contributed by atoms with Crippen molar-refractivity contribution in [3.63, 3.8) is 0 Å². The fraction of sp³-hybridized carbons (Fsp3) is 0.400. The highest BCUT2D eigenvalue weighted by atomic mass is 16.5. The minimum atomic E-state index is 0.0555. The fourth-order valence-corrected chi connectivity index (χ4v) is 2.19. The third-order valence-electron chi connectivity index (χ3n) is 3.12. The molecular formula is C15H20N2O. The second kappa shape index (κ2) is 4.48. The van der Waals surface area contributed by atoms with Crippen LogP contribution in [0, 0.1) is 0 Å². The molecule has 18 heavy (non-hydrogen) atoms. The number of hydrogen-bond donors (Lipinski definition) is 0. The van der Waals surface area contributed by atoms with Crippen molar-refractivity contribution < 1.29 is 4.74 Å². The number of rotatable bonds is 2. The first-order valence-electron chi connectivity index (χ1n) is 6.11. The first kappa shape index (κ1) is 12.7. The van der Waals surface area contributed by atoms with Gasteiger partial charge in [0.15, 0.2) is 0 Å². The largest absolute Gasteiger partial charge is 0.496 e. The SMILES string of the molecule is COc1c(-c2ccnn2C)cccc1C(C)(C)C. The summed E-state index contributed by atoms with van der Waals surface area (Å²) in [5.41, 5.74) is 3.42. The molecule has 0 radical (unpaired) electrons. The van der Waals surface area contributed by atoms with E-state index in [2.05, 4.69) is 44.1 Å². The van der Waals surface area contributed by atoms with Crippen molar-refractivity contribution in [2.45, 2.75) is 26.2 Å². The topological polar surface area (TPSA) is 27.1 Å². The van der Waals surface area contributed by atoms with Crippen LogP contribution in [0.2, 0.25) is 0 Å². The second-order valence-corrected chi connectivity index (χ2v) is 5.48. The van der Waals surface area contributed by atoms with Gasteiger partial charge in [0.25, 0.3) is 0 Å². The molecule has 2 aromatic rings. The highest BCUT2D eigenvalue weighted by molar-refractivity contribution is 5.70. The predicted octanol–water partition coefficient (Wildman–Crippen LogP) is 3.39. The van der Waals surface area contributed by atoms with E-state index in [9.17, 15) is 0 Å². The van der Waals surface area contributed by atoms with E-state index in [1.807, 2.05) is 17.8 Å². The van der Waals surface area contributed by atoms with Crippen LogP contribution in [0.3, 0.4) is 0 Å². The molecule has 0 saturated carbocycles. The molecule has 1 heterocycles. The average Bonchev–Trinajstić information content (AvgIpc) is 2.73. The Bertz CT molecular complexity index is 550. The first-order valence-corrected chi connectivity index (χ1v) is 6.11. The summed E-state index contributed by atoms with van der Waals surface area (Å²) in [5.74, 6) is 0.939.